The first-order chi connectivity index (χ1) is 12.2. The Kier molecular flexibility index (Phi) is 4.21. The van der Waals surface area contributed by atoms with Crippen LogP contribution < -0.4 is 10.6 Å². The molecule has 1 fully saturated rings. The van der Waals surface area contributed by atoms with Crippen molar-refractivity contribution in [2.75, 3.05) is 18.0 Å². The van der Waals surface area contributed by atoms with Crippen molar-refractivity contribution in [3.63, 3.8) is 0 Å². The Morgan fingerprint density at radius 3 is 2.68 bits per heavy atom. The van der Waals surface area contributed by atoms with Gasteiger partial charge in [-0.15, -0.1) is 5.10 Å². The number of nitrogens with zero attached hydrogens (tertiary/aromatic N) is 5. The molecule has 0 saturated carbocycles. The van der Waals surface area contributed by atoms with Gasteiger partial charge in [0.1, 0.15) is 5.82 Å². The van der Waals surface area contributed by atoms with Gasteiger partial charge in [0.05, 0.1) is 6.54 Å². The maximum atomic E-state index is 13.4. The highest BCUT2D eigenvalue weighted by atomic mass is 19.1. The van der Waals surface area contributed by atoms with E-state index >= 15 is 0 Å². The van der Waals surface area contributed by atoms with Gasteiger partial charge in [-0.25, -0.2) is 23.3 Å². The fraction of sp³-hybridized carbons (Fsp3) is 0.389. The average Bonchev–Trinajstić information content (AvgIpc) is 2.80. The molecule has 130 valence electrons. The molecule has 1 aliphatic rings. The molecular weight excluding hydrogens is 321 g/mol. The molecule has 2 aromatic heterocycles. The highest BCUT2D eigenvalue weighted by Gasteiger charge is 2.18. The number of halogens is 1. The summed E-state index contributed by atoms with van der Waals surface area (Å²) in [6.07, 6.45) is 7.96. The number of aromatic nitrogens is 4. The van der Waals surface area contributed by atoms with Crippen molar-refractivity contribution in [2.45, 2.75) is 32.2 Å². The van der Waals surface area contributed by atoms with E-state index < -0.39 is 0 Å². The number of rotatable bonds is 3. The fourth-order valence-electron chi connectivity index (χ4n) is 3.35. The number of fused-ring (bicyclic) bond motifs is 1. The van der Waals surface area contributed by atoms with Crippen LogP contribution >= 0.6 is 0 Å². The van der Waals surface area contributed by atoms with E-state index in [4.69, 9.17) is 0 Å². The lowest BCUT2D eigenvalue weighted by Crippen LogP contribution is -2.26. The van der Waals surface area contributed by atoms with Gasteiger partial charge in [-0.3, -0.25) is 0 Å². The molecule has 1 saturated heterocycles. The summed E-state index contributed by atoms with van der Waals surface area (Å²) < 4.78 is 16.3. The van der Waals surface area contributed by atoms with E-state index in [1.807, 2.05) is 0 Å². The third kappa shape index (κ3) is 3.14. The van der Waals surface area contributed by atoms with Gasteiger partial charge in [0.25, 0.3) is 0 Å². The largest absolute Gasteiger partial charge is 0.353 e. The minimum absolute atomic E-state index is 0.234. The van der Waals surface area contributed by atoms with Crippen LogP contribution in [0.2, 0.25) is 0 Å². The fourth-order valence-corrected chi connectivity index (χ4v) is 3.35. The molecule has 3 aromatic rings. The van der Waals surface area contributed by atoms with Crippen LogP contribution in [0.3, 0.4) is 0 Å². The summed E-state index contributed by atoms with van der Waals surface area (Å²) in [6.45, 7) is 2.09. The van der Waals surface area contributed by atoms with Gasteiger partial charge in [-0.1, -0.05) is 25.0 Å². The van der Waals surface area contributed by atoms with Gasteiger partial charge in [0, 0.05) is 25.5 Å². The minimum atomic E-state index is -0.318. The van der Waals surface area contributed by atoms with E-state index in [0.717, 1.165) is 31.7 Å². The molecule has 0 N–H and O–H groups in total. The van der Waals surface area contributed by atoms with E-state index in [-0.39, 0.29) is 18.1 Å². The molecule has 1 aromatic carbocycles. The second-order valence-electron chi connectivity index (χ2n) is 6.42. The highest BCUT2D eigenvalue weighted by Crippen LogP contribution is 2.20. The van der Waals surface area contributed by atoms with E-state index in [1.165, 1.54) is 34.1 Å². The lowest BCUT2D eigenvalue weighted by molar-refractivity contribution is 0.615. The molecule has 0 bridgehead atoms. The first-order valence-corrected chi connectivity index (χ1v) is 8.66. The average molecular weight is 341 g/mol. The third-order valence-corrected chi connectivity index (χ3v) is 4.61. The standard InChI is InChI=1S/C18H20FN5O/c19-15-7-5-6-14(12-15)13-24-18(25)23-11-8-20-16(17(23)21-24)22-9-3-1-2-4-10-22/h5-8,11-12H,1-4,9-10,13H2. The van der Waals surface area contributed by atoms with Crippen LogP contribution in [-0.4, -0.2) is 32.3 Å². The van der Waals surface area contributed by atoms with Crippen LogP contribution in [0.25, 0.3) is 5.65 Å². The topological polar surface area (TPSA) is 55.4 Å². The second kappa shape index (κ2) is 6.66. The smallest absolute Gasteiger partial charge is 0.350 e. The summed E-state index contributed by atoms with van der Waals surface area (Å²) in [7, 11) is 0. The number of hydrogen-bond donors (Lipinski definition) is 0. The zero-order chi connectivity index (χ0) is 17.2. The maximum absolute atomic E-state index is 13.4. The summed E-state index contributed by atoms with van der Waals surface area (Å²) in [4.78, 5) is 19.3. The molecule has 3 heterocycles. The molecule has 0 spiro atoms. The van der Waals surface area contributed by atoms with Crippen LogP contribution in [0.1, 0.15) is 31.2 Å². The quantitative estimate of drug-likeness (QED) is 0.734. The highest BCUT2D eigenvalue weighted by molar-refractivity contribution is 5.63. The first kappa shape index (κ1) is 15.8. The summed E-state index contributed by atoms with van der Waals surface area (Å²) in [6, 6.07) is 6.23. The monoisotopic (exact) mass is 341 g/mol. The number of anilines is 1. The maximum Gasteiger partial charge on any atom is 0.350 e. The zero-order valence-corrected chi connectivity index (χ0v) is 13.9. The molecule has 6 nitrogen and oxygen atoms in total. The van der Waals surface area contributed by atoms with Gasteiger partial charge in [-0.2, -0.15) is 0 Å². The van der Waals surface area contributed by atoms with Gasteiger partial charge in [0.15, 0.2) is 5.82 Å². The van der Waals surface area contributed by atoms with Crippen molar-refractivity contribution >= 4 is 11.5 Å². The molecule has 25 heavy (non-hydrogen) atoms. The summed E-state index contributed by atoms with van der Waals surface area (Å²) in [5.74, 6) is 0.431. The molecule has 0 amide bonds. The summed E-state index contributed by atoms with van der Waals surface area (Å²) in [5, 5.41) is 4.48. The van der Waals surface area contributed by atoms with Crippen LogP contribution in [0.15, 0.2) is 41.5 Å². The molecule has 4 rings (SSSR count). The lowest BCUT2D eigenvalue weighted by atomic mass is 10.2. The molecule has 0 radical (unpaired) electrons. The predicted octanol–water partition coefficient (Wildman–Crippen LogP) is 2.46. The normalized spacial score (nSPS) is 15.5. The van der Waals surface area contributed by atoms with Crippen molar-refractivity contribution in [1.29, 1.82) is 0 Å². The molecule has 0 unspecified atom stereocenters. The Hall–Kier alpha value is -2.70. The predicted molar refractivity (Wildman–Crippen MR) is 93.4 cm³/mol. The SMILES string of the molecule is O=c1n(Cc2cccc(F)c2)nc2c(N3CCCCCC3)nccn12. The van der Waals surface area contributed by atoms with Gasteiger partial charge in [-0.05, 0) is 30.5 Å². The van der Waals surface area contributed by atoms with E-state index in [2.05, 4.69) is 15.0 Å². The summed E-state index contributed by atoms with van der Waals surface area (Å²) >= 11 is 0. The Labute approximate surface area is 144 Å². The van der Waals surface area contributed by atoms with Crippen molar-refractivity contribution in [3.8, 4) is 0 Å². The third-order valence-electron chi connectivity index (χ3n) is 4.61. The molecule has 0 aliphatic carbocycles. The van der Waals surface area contributed by atoms with Crippen molar-refractivity contribution in [3.05, 3.63) is 58.5 Å². The van der Waals surface area contributed by atoms with Crippen LogP contribution in [0.5, 0.6) is 0 Å². The van der Waals surface area contributed by atoms with Crippen LogP contribution in [-0.2, 0) is 6.54 Å². The number of benzene rings is 1. The van der Waals surface area contributed by atoms with E-state index in [9.17, 15) is 9.18 Å². The number of hydrogen-bond acceptors (Lipinski definition) is 4. The zero-order valence-electron chi connectivity index (χ0n) is 13.9. The molecule has 7 heteroatoms. The van der Waals surface area contributed by atoms with Crippen molar-refractivity contribution in [2.24, 2.45) is 0 Å². The second-order valence-corrected chi connectivity index (χ2v) is 6.42. The first-order valence-electron chi connectivity index (χ1n) is 8.66. The van der Waals surface area contributed by atoms with Crippen molar-refractivity contribution in [1.82, 2.24) is 19.2 Å². The van der Waals surface area contributed by atoms with Crippen molar-refractivity contribution < 1.29 is 4.39 Å². The van der Waals surface area contributed by atoms with E-state index in [1.54, 1.807) is 24.5 Å². The Balaban J connectivity index is 1.74. The van der Waals surface area contributed by atoms with Gasteiger partial charge >= 0.3 is 5.69 Å². The minimum Gasteiger partial charge on any atom is -0.353 e. The van der Waals surface area contributed by atoms with Crippen LogP contribution in [0, 0.1) is 5.82 Å². The van der Waals surface area contributed by atoms with Crippen LogP contribution in [0.4, 0.5) is 10.2 Å². The summed E-state index contributed by atoms with van der Waals surface area (Å²) in [5.41, 5.74) is 1.03. The Morgan fingerprint density at radius 2 is 1.92 bits per heavy atom. The Morgan fingerprint density at radius 1 is 1.12 bits per heavy atom. The molecular formula is C18H20FN5O. The lowest BCUT2D eigenvalue weighted by Gasteiger charge is -2.21. The van der Waals surface area contributed by atoms with Gasteiger partial charge < -0.3 is 4.90 Å². The molecule has 0 atom stereocenters. The molecule has 1 aliphatic heterocycles. The van der Waals surface area contributed by atoms with Gasteiger partial charge in [0.2, 0.25) is 5.65 Å². The van der Waals surface area contributed by atoms with E-state index in [0.29, 0.717) is 11.2 Å². The Bertz CT molecular complexity index is 940.